The maximum absolute atomic E-state index is 15.0. The predicted molar refractivity (Wildman–Crippen MR) is 141 cm³/mol. The van der Waals surface area contributed by atoms with E-state index in [0.29, 0.717) is 46.9 Å². The molecule has 0 radical (unpaired) electrons. The van der Waals surface area contributed by atoms with Gasteiger partial charge < -0.3 is 4.74 Å². The van der Waals surface area contributed by atoms with Crippen LogP contribution in [-0.2, 0) is 6.42 Å². The Morgan fingerprint density at radius 2 is 1.67 bits per heavy atom. The summed E-state index contributed by atoms with van der Waals surface area (Å²) in [6.07, 6.45) is 8.69. The van der Waals surface area contributed by atoms with Gasteiger partial charge in [-0.15, -0.1) is 6.58 Å². The fourth-order valence-electron chi connectivity index (χ4n) is 5.20. The van der Waals surface area contributed by atoms with Gasteiger partial charge in [0.2, 0.25) is 0 Å². The van der Waals surface area contributed by atoms with Crippen LogP contribution in [0, 0.1) is 30.3 Å². The molecule has 1 fully saturated rings. The van der Waals surface area contributed by atoms with Crippen LogP contribution in [0.25, 0.3) is 11.1 Å². The van der Waals surface area contributed by atoms with Crippen LogP contribution < -0.4 is 4.74 Å². The van der Waals surface area contributed by atoms with Gasteiger partial charge in [-0.2, -0.15) is 0 Å². The van der Waals surface area contributed by atoms with Gasteiger partial charge in [0.1, 0.15) is 11.6 Å². The van der Waals surface area contributed by atoms with E-state index in [0.717, 1.165) is 50.5 Å². The fourth-order valence-corrected chi connectivity index (χ4v) is 5.20. The summed E-state index contributed by atoms with van der Waals surface area (Å²) in [6.45, 7) is 6.20. The van der Waals surface area contributed by atoms with Gasteiger partial charge in [-0.3, -0.25) is 0 Å². The Labute approximate surface area is 213 Å². The Morgan fingerprint density at radius 1 is 0.917 bits per heavy atom. The number of rotatable bonds is 10. The monoisotopic (exact) mass is 492 g/mol. The number of ether oxygens (including phenoxy) is 1. The number of aryl methyl sites for hydroxylation is 2. The van der Waals surface area contributed by atoms with E-state index in [1.807, 2.05) is 49.4 Å². The molecule has 0 atom stereocenters. The molecule has 0 spiro atoms. The molecule has 3 aromatic carbocycles. The first-order chi connectivity index (χ1) is 17.5. The highest BCUT2D eigenvalue weighted by Crippen LogP contribution is 2.40. The molecule has 190 valence electrons. The molecule has 1 aliphatic carbocycles. The molecule has 0 amide bonds. The van der Waals surface area contributed by atoms with Crippen molar-refractivity contribution in [3.8, 4) is 16.9 Å². The molecule has 0 unspecified atom stereocenters. The average Bonchev–Trinajstić information content (AvgIpc) is 2.89. The lowest BCUT2D eigenvalue weighted by molar-refractivity contribution is 0.303. The summed E-state index contributed by atoms with van der Waals surface area (Å²) < 4.78 is 50.1. The normalized spacial score (nSPS) is 17.7. The van der Waals surface area contributed by atoms with Crippen LogP contribution in [0.1, 0.15) is 67.6 Å². The zero-order valence-corrected chi connectivity index (χ0v) is 21.0. The third kappa shape index (κ3) is 6.40. The summed E-state index contributed by atoms with van der Waals surface area (Å²) in [7, 11) is 0. The molecule has 1 saturated carbocycles. The molecule has 36 heavy (non-hydrogen) atoms. The fraction of sp³-hybridized carbons (Fsp3) is 0.375. The van der Waals surface area contributed by atoms with E-state index in [4.69, 9.17) is 4.74 Å². The lowest BCUT2D eigenvalue weighted by Crippen LogP contribution is -2.16. The van der Waals surface area contributed by atoms with Crippen LogP contribution in [-0.4, -0.2) is 6.61 Å². The van der Waals surface area contributed by atoms with Gasteiger partial charge in [0.05, 0.1) is 6.61 Å². The first-order valence-electron chi connectivity index (χ1n) is 13.0. The molecule has 4 rings (SSSR count). The topological polar surface area (TPSA) is 9.23 Å². The molecule has 0 bridgehead atoms. The van der Waals surface area contributed by atoms with Gasteiger partial charge in [0, 0.05) is 11.6 Å². The van der Waals surface area contributed by atoms with Gasteiger partial charge in [-0.1, -0.05) is 54.1 Å². The summed E-state index contributed by atoms with van der Waals surface area (Å²) in [5.41, 5.74) is 3.26. The van der Waals surface area contributed by atoms with Crippen molar-refractivity contribution in [3.63, 3.8) is 0 Å². The van der Waals surface area contributed by atoms with Crippen molar-refractivity contribution >= 4 is 0 Å². The molecule has 0 aliphatic heterocycles. The van der Waals surface area contributed by atoms with Crippen LogP contribution in [0.3, 0.4) is 0 Å². The van der Waals surface area contributed by atoms with Crippen molar-refractivity contribution in [2.75, 3.05) is 6.61 Å². The van der Waals surface area contributed by atoms with E-state index in [1.54, 1.807) is 12.1 Å². The third-order valence-corrected chi connectivity index (χ3v) is 7.43. The summed E-state index contributed by atoms with van der Waals surface area (Å²) in [5.74, 6) is -0.653. The smallest absolute Gasteiger partial charge is 0.166 e. The van der Waals surface area contributed by atoms with E-state index in [9.17, 15) is 8.78 Å². The van der Waals surface area contributed by atoms with E-state index in [1.165, 1.54) is 6.07 Å². The Kier molecular flexibility index (Phi) is 8.90. The molecule has 4 heteroatoms. The van der Waals surface area contributed by atoms with Crippen LogP contribution in [0.4, 0.5) is 13.2 Å². The predicted octanol–water partition coefficient (Wildman–Crippen LogP) is 9.33. The van der Waals surface area contributed by atoms with Crippen molar-refractivity contribution in [2.24, 2.45) is 5.92 Å². The number of hydrogen-bond donors (Lipinski definition) is 0. The second kappa shape index (κ2) is 12.3. The lowest BCUT2D eigenvalue weighted by Gasteiger charge is -2.29. The van der Waals surface area contributed by atoms with Crippen LogP contribution >= 0.6 is 0 Å². The van der Waals surface area contributed by atoms with Gasteiger partial charge in [0.25, 0.3) is 0 Å². The molecule has 3 aromatic rings. The summed E-state index contributed by atoms with van der Waals surface area (Å²) >= 11 is 0. The summed E-state index contributed by atoms with van der Waals surface area (Å²) in [4.78, 5) is 0. The van der Waals surface area contributed by atoms with Gasteiger partial charge in [-0.25, -0.2) is 13.2 Å². The Bertz CT molecular complexity index is 1160. The number of benzene rings is 3. The van der Waals surface area contributed by atoms with Crippen LogP contribution in [0.2, 0.25) is 0 Å². The van der Waals surface area contributed by atoms with E-state index >= 15 is 4.39 Å². The highest BCUT2D eigenvalue weighted by Gasteiger charge is 2.26. The standard InChI is InChI=1S/C32H35F3O/c1-3-4-5-20-36-27-17-16-26(30(33)21-27)15-10-23-8-13-25(14-9-23)29-19-18-28(31(34)32(29)35)24-11-6-22(2)7-12-24/h3,6-7,11-12,16-19,21,23,25H,1,4-5,8-10,13-15,20H2,2H3. The number of halogens is 3. The Hall–Kier alpha value is -3.01. The molecule has 1 nitrogen and oxygen atoms in total. The van der Waals surface area contributed by atoms with Crippen LogP contribution in [0.15, 0.2) is 67.3 Å². The minimum atomic E-state index is -0.762. The third-order valence-electron chi connectivity index (χ3n) is 7.43. The highest BCUT2D eigenvalue weighted by molar-refractivity contribution is 5.65. The number of allylic oxidation sites excluding steroid dienone is 1. The zero-order chi connectivity index (χ0) is 25.5. The molecular formula is C32H35F3O. The Morgan fingerprint density at radius 3 is 2.36 bits per heavy atom. The van der Waals surface area contributed by atoms with Crippen molar-refractivity contribution in [2.45, 2.75) is 64.2 Å². The molecule has 0 heterocycles. The second-order valence-electron chi connectivity index (χ2n) is 9.99. The van der Waals surface area contributed by atoms with Gasteiger partial charge >= 0.3 is 0 Å². The second-order valence-corrected chi connectivity index (χ2v) is 9.99. The quantitative estimate of drug-likeness (QED) is 0.202. The van der Waals surface area contributed by atoms with E-state index in [-0.39, 0.29) is 11.7 Å². The molecule has 0 N–H and O–H groups in total. The summed E-state index contributed by atoms with van der Waals surface area (Å²) in [5, 5.41) is 0. The van der Waals surface area contributed by atoms with Crippen molar-refractivity contribution in [1.82, 2.24) is 0 Å². The minimum absolute atomic E-state index is 0.0251. The van der Waals surface area contributed by atoms with E-state index in [2.05, 4.69) is 6.58 Å². The van der Waals surface area contributed by atoms with Gasteiger partial charge in [0.15, 0.2) is 11.6 Å². The van der Waals surface area contributed by atoms with Gasteiger partial charge in [-0.05, 0) is 92.9 Å². The highest BCUT2D eigenvalue weighted by atomic mass is 19.2. The maximum atomic E-state index is 15.0. The average molecular weight is 493 g/mol. The molecular weight excluding hydrogens is 457 g/mol. The molecule has 0 aromatic heterocycles. The van der Waals surface area contributed by atoms with Crippen molar-refractivity contribution in [3.05, 3.63) is 101 Å². The number of unbranched alkanes of at least 4 members (excludes halogenated alkanes) is 1. The lowest BCUT2D eigenvalue weighted by atomic mass is 9.76. The summed E-state index contributed by atoms with van der Waals surface area (Å²) in [6, 6.07) is 16.0. The zero-order valence-electron chi connectivity index (χ0n) is 21.0. The van der Waals surface area contributed by atoms with Crippen molar-refractivity contribution < 1.29 is 17.9 Å². The molecule has 0 saturated heterocycles. The minimum Gasteiger partial charge on any atom is -0.493 e. The SMILES string of the molecule is C=CCCCOc1ccc(CCC2CCC(c3ccc(-c4ccc(C)cc4)c(F)c3F)CC2)c(F)c1. The Balaban J connectivity index is 1.30. The van der Waals surface area contributed by atoms with Crippen LogP contribution in [0.5, 0.6) is 5.75 Å². The maximum Gasteiger partial charge on any atom is 0.166 e. The van der Waals surface area contributed by atoms with Crippen molar-refractivity contribution in [1.29, 1.82) is 0 Å². The first-order valence-corrected chi connectivity index (χ1v) is 13.0. The van der Waals surface area contributed by atoms with E-state index < -0.39 is 11.6 Å². The molecule has 1 aliphatic rings. The number of hydrogen-bond acceptors (Lipinski definition) is 1. The largest absolute Gasteiger partial charge is 0.493 e. The first kappa shape index (κ1) is 26.1.